The van der Waals surface area contributed by atoms with Gasteiger partial charge in [0.25, 0.3) is 0 Å². The second kappa shape index (κ2) is 4.63. The maximum Gasteiger partial charge on any atom is 0.336 e. The number of carbonyl (C=O) groups is 1. The first-order valence-corrected chi connectivity index (χ1v) is 6.20. The van der Waals surface area contributed by atoms with Gasteiger partial charge in [0, 0.05) is 0 Å². The van der Waals surface area contributed by atoms with Crippen LogP contribution in [-0.2, 0) is 16.4 Å². The van der Waals surface area contributed by atoms with Crippen LogP contribution in [0.3, 0.4) is 0 Å². The van der Waals surface area contributed by atoms with Gasteiger partial charge >= 0.3 is 5.97 Å². The van der Waals surface area contributed by atoms with E-state index in [1.54, 1.807) is 0 Å². The molecule has 0 aliphatic rings. The summed E-state index contributed by atoms with van der Waals surface area (Å²) in [5.74, 6) is -1.12. The van der Waals surface area contributed by atoms with Crippen molar-refractivity contribution in [1.82, 2.24) is 4.72 Å². The van der Waals surface area contributed by atoms with Crippen molar-refractivity contribution < 1.29 is 18.3 Å². The van der Waals surface area contributed by atoms with E-state index in [2.05, 4.69) is 4.72 Å². The molecule has 6 heteroatoms. The standard InChI is InChI=1S/C10H13NO4S/c1-3-7-4-5-8(16(14,15)11-2)6-9(7)10(12)13/h4-6,11H,3H2,1-2H3,(H,12,13). The molecule has 16 heavy (non-hydrogen) atoms. The zero-order chi connectivity index (χ0) is 12.3. The normalized spacial score (nSPS) is 11.4. The van der Waals surface area contributed by atoms with E-state index in [1.165, 1.54) is 25.2 Å². The number of aromatic carboxylic acids is 1. The van der Waals surface area contributed by atoms with Gasteiger partial charge in [-0.15, -0.1) is 0 Å². The van der Waals surface area contributed by atoms with Crippen LogP contribution in [0.25, 0.3) is 0 Å². The Kier molecular flexibility index (Phi) is 3.66. The number of hydrogen-bond acceptors (Lipinski definition) is 3. The monoisotopic (exact) mass is 243 g/mol. The molecule has 1 aromatic carbocycles. The smallest absolute Gasteiger partial charge is 0.336 e. The molecule has 0 saturated carbocycles. The highest BCUT2D eigenvalue weighted by Crippen LogP contribution is 2.16. The molecule has 0 aliphatic carbocycles. The number of carboxylic acid groups (broad SMARTS) is 1. The molecule has 0 saturated heterocycles. The maximum absolute atomic E-state index is 11.5. The summed E-state index contributed by atoms with van der Waals surface area (Å²) >= 11 is 0. The Hall–Kier alpha value is -1.40. The fraction of sp³-hybridized carbons (Fsp3) is 0.300. The minimum absolute atomic E-state index is 0.0267. The van der Waals surface area contributed by atoms with Gasteiger partial charge in [0.2, 0.25) is 10.0 Å². The first-order valence-electron chi connectivity index (χ1n) is 4.72. The molecule has 0 atom stereocenters. The fourth-order valence-electron chi connectivity index (χ4n) is 1.35. The Morgan fingerprint density at radius 3 is 2.50 bits per heavy atom. The predicted octanol–water partition coefficient (Wildman–Crippen LogP) is 0.855. The number of rotatable bonds is 4. The van der Waals surface area contributed by atoms with Crippen LogP contribution < -0.4 is 4.72 Å². The molecule has 1 aromatic rings. The molecule has 0 aliphatic heterocycles. The van der Waals surface area contributed by atoms with E-state index in [0.29, 0.717) is 12.0 Å². The number of aryl methyl sites for hydroxylation is 1. The minimum atomic E-state index is -3.59. The Bertz CT molecular complexity index is 508. The van der Waals surface area contributed by atoms with E-state index in [9.17, 15) is 13.2 Å². The second-order valence-corrected chi connectivity index (χ2v) is 5.07. The molecule has 88 valence electrons. The lowest BCUT2D eigenvalue weighted by molar-refractivity contribution is 0.0695. The molecule has 1 rings (SSSR count). The summed E-state index contributed by atoms with van der Waals surface area (Å²) in [6.07, 6.45) is 0.543. The van der Waals surface area contributed by atoms with E-state index in [4.69, 9.17) is 5.11 Å². The summed E-state index contributed by atoms with van der Waals surface area (Å²) in [7, 11) is -2.31. The highest BCUT2D eigenvalue weighted by Gasteiger charge is 2.16. The Morgan fingerprint density at radius 1 is 1.44 bits per heavy atom. The zero-order valence-electron chi connectivity index (χ0n) is 9.02. The fourth-order valence-corrected chi connectivity index (χ4v) is 2.10. The third-order valence-electron chi connectivity index (χ3n) is 2.27. The Morgan fingerprint density at radius 2 is 2.06 bits per heavy atom. The second-order valence-electron chi connectivity index (χ2n) is 3.19. The Labute approximate surface area is 94.2 Å². The summed E-state index contributed by atoms with van der Waals surface area (Å²) in [5.41, 5.74) is 0.640. The van der Waals surface area contributed by atoms with Gasteiger partial charge in [0.15, 0.2) is 0 Å². The summed E-state index contributed by atoms with van der Waals surface area (Å²) in [5, 5.41) is 8.94. The van der Waals surface area contributed by atoms with Crippen LogP contribution in [0.4, 0.5) is 0 Å². The lowest BCUT2D eigenvalue weighted by atomic mass is 10.1. The number of nitrogens with one attached hydrogen (secondary N) is 1. The van der Waals surface area contributed by atoms with E-state index in [1.807, 2.05) is 6.92 Å². The number of hydrogen-bond donors (Lipinski definition) is 2. The van der Waals surface area contributed by atoms with Crippen molar-refractivity contribution in [1.29, 1.82) is 0 Å². The minimum Gasteiger partial charge on any atom is -0.478 e. The van der Waals surface area contributed by atoms with Crippen LogP contribution in [0.5, 0.6) is 0 Å². The molecular weight excluding hydrogens is 230 g/mol. The first-order chi connectivity index (χ1) is 7.42. The number of benzene rings is 1. The molecule has 0 spiro atoms. The van der Waals surface area contributed by atoms with Crippen molar-refractivity contribution in [3.63, 3.8) is 0 Å². The molecule has 5 nitrogen and oxygen atoms in total. The van der Waals surface area contributed by atoms with Crippen LogP contribution in [0.1, 0.15) is 22.8 Å². The van der Waals surface area contributed by atoms with Crippen molar-refractivity contribution in [2.24, 2.45) is 0 Å². The molecule has 0 bridgehead atoms. The quantitative estimate of drug-likeness (QED) is 0.821. The summed E-state index contributed by atoms with van der Waals surface area (Å²) in [4.78, 5) is 10.9. The third-order valence-corrected chi connectivity index (χ3v) is 3.68. The van der Waals surface area contributed by atoms with Gasteiger partial charge in [0.1, 0.15) is 0 Å². The zero-order valence-corrected chi connectivity index (χ0v) is 9.84. The number of sulfonamides is 1. The van der Waals surface area contributed by atoms with Crippen LogP contribution in [-0.4, -0.2) is 26.5 Å². The highest BCUT2D eigenvalue weighted by atomic mass is 32.2. The molecule has 0 fully saturated rings. The third kappa shape index (κ3) is 2.40. The van der Waals surface area contributed by atoms with Crippen molar-refractivity contribution in [2.45, 2.75) is 18.2 Å². The van der Waals surface area contributed by atoms with Gasteiger partial charge in [-0.2, -0.15) is 0 Å². The average molecular weight is 243 g/mol. The lowest BCUT2D eigenvalue weighted by Crippen LogP contribution is -2.19. The molecular formula is C10H13NO4S. The van der Waals surface area contributed by atoms with Gasteiger partial charge in [-0.1, -0.05) is 13.0 Å². The van der Waals surface area contributed by atoms with Crippen LogP contribution in [0.2, 0.25) is 0 Å². The maximum atomic E-state index is 11.5. The number of carboxylic acids is 1. The van der Waals surface area contributed by atoms with E-state index < -0.39 is 16.0 Å². The van der Waals surface area contributed by atoms with Gasteiger partial charge in [-0.25, -0.2) is 17.9 Å². The highest BCUT2D eigenvalue weighted by molar-refractivity contribution is 7.89. The largest absolute Gasteiger partial charge is 0.478 e. The molecule has 2 N–H and O–H groups in total. The van der Waals surface area contributed by atoms with Crippen LogP contribution >= 0.6 is 0 Å². The summed E-state index contributed by atoms with van der Waals surface area (Å²) in [6, 6.07) is 4.10. The van der Waals surface area contributed by atoms with Gasteiger partial charge in [-0.3, -0.25) is 0 Å². The van der Waals surface area contributed by atoms with E-state index in [0.717, 1.165) is 0 Å². The van der Waals surface area contributed by atoms with Crippen LogP contribution in [0.15, 0.2) is 23.1 Å². The molecule has 0 aromatic heterocycles. The summed E-state index contributed by atoms with van der Waals surface area (Å²) < 4.78 is 25.1. The topological polar surface area (TPSA) is 83.5 Å². The average Bonchev–Trinajstić information content (AvgIpc) is 2.28. The van der Waals surface area contributed by atoms with Gasteiger partial charge in [0.05, 0.1) is 10.5 Å². The first kappa shape index (κ1) is 12.7. The van der Waals surface area contributed by atoms with Gasteiger partial charge in [-0.05, 0) is 31.2 Å². The van der Waals surface area contributed by atoms with E-state index in [-0.39, 0.29) is 10.5 Å². The molecule has 0 heterocycles. The van der Waals surface area contributed by atoms with E-state index >= 15 is 0 Å². The van der Waals surface area contributed by atoms with Gasteiger partial charge < -0.3 is 5.11 Å². The van der Waals surface area contributed by atoms with Crippen LogP contribution in [0, 0.1) is 0 Å². The predicted molar refractivity (Wildman–Crippen MR) is 59.0 cm³/mol. The lowest BCUT2D eigenvalue weighted by Gasteiger charge is -2.07. The van der Waals surface area contributed by atoms with Crippen molar-refractivity contribution in [3.05, 3.63) is 29.3 Å². The Balaban J connectivity index is 3.39. The SMILES string of the molecule is CCc1ccc(S(=O)(=O)NC)cc1C(=O)O. The molecule has 0 amide bonds. The molecule has 0 unspecified atom stereocenters. The molecule has 0 radical (unpaired) electrons. The van der Waals surface area contributed by atoms with Crippen molar-refractivity contribution in [3.8, 4) is 0 Å². The summed E-state index contributed by atoms with van der Waals surface area (Å²) in [6.45, 7) is 1.81. The van der Waals surface area contributed by atoms with Crippen molar-refractivity contribution in [2.75, 3.05) is 7.05 Å². The van der Waals surface area contributed by atoms with Crippen molar-refractivity contribution >= 4 is 16.0 Å².